The Morgan fingerprint density at radius 1 is 1.61 bits per heavy atom. The number of carbonyl (C=O) groups excluding carboxylic acids is 1. The summed E-state index contributed by atoms with van der Waals surface area (Å²) in [5, 5.41) is 11.8. The SMILES string of the molecule is CC[C@@H](C)NC(=O)COc1ccc(C#N)cc1Cl. The standard InChI is InChI=1S/C13H15ClN2O2/c1-3-9(2)16-13(17)8-18-12-5-4-10(7-15)6-11(12)14/h4-6,9H,3,8H2,1-2H3,(H,16,17)/t9-/m1/s1. The Balaban J connectivity index is 2.54. The summed E-state index contributed by atoms with van der Waals surface area (Å²) in [6.45, 7) is 3.83. The average molecular weight is 267 g/mol. The molecule has 0 spiro atoms. The fraction of sp³-hybridized carbons (Fsp3) is 0.385. The number of rotatable bonds is 5. The molecular weight excluding hydrogens is 252 g/mol. The van der Waals surface area contributed by atoms with Gasteiger partial charge in [-0.2, -0.15) is 5.26 Å². The second-order valence-electron chi connectivity index (χ2n) is 3.92. The number of halogens is 1. The maximum Gasteiger partial charge on any atom is 0.258 e. The summed E-state index contributed by atoms with van der Waals surface area (Å²) in [5.41, 5.74) is 0.455. The van der Waals surface area contributed by atoms with Crippen molar-refractivity contribution in [3.05, 3.63) is 28.8 Å². The van der Waals surface area contributed by atoms with Gasteiger partial charge >= 0.3 is 0 Å². The van der Waals surface area contributed by atoms with Crippen LogP contribution >= 0.6 is 11.6 Å². The van der Waals surface area contributed by atoms with Crippen molar-refractivity contribution < 1.29 is 9.53 Å². The van der Waals surface area contributed by atoms with Crippen molar-refractivity contribution >= 4 is 17.5 Å². The molecule has 0 saturated carbocycles. The minimum absolute atomic E-state index is 0.0873. The fourth-order valence-corrected chi connectivity index (χ4v) is 1.48. The van der Waals surface area contributed by atoms with E-state index < -0.39 is 0 Å². The summed E-state index contributed by atoms with van der Waals surface area (Å²) < 4.78 is 5.29. The fourth-order valence-electron chi connectivity index (χ4n) is 1.25. The van der Waals surface area contributed by atoms with Gasteiger partial charge in [-0.3, -0.25) is 4.79 Å². The molecule has 1 aromatic rings. The molecule has 96 valence electrons. The molecule has 0 unspecified atom stereocenters. The van der Waals surface area contributed by atoms with Gasteiger partial charge in [-0.1, -0.05) is 18.5 Å². The molecular formula is C13H15ClN2O2. The Kier molecular flexibility index (Phi) is 5.47. The molecule has 0 saturated heterocycles. The van der Waals surface area contributed by atoms with Crippen molar-refractivity contribution in [3.8, 4) is 11.8 Å². The minimum Gasteiger partial charge on any atom is -0.482 e. The third kappa shape index (κ3) is 4.27. The van der Waals surface area contributed by atoms with Gasteiger partial charge in [0.1, 0.15) is 5.75 Å². The van der Waals surface area contributed by atoms with Crippen LogP contribution in [-0.2, 0) is 4.79 Å². The number of hydrogen-bond acceptors (Lipinski definition) is 3. The molecule has 0 heterocycles. The van der Waals surface area contributed by atoms with E-state index in [1.807, 2.05) is 19.9 Å². The largest absolute Gasteiger partial charge is 0.482 e. The highest BCUT2D eigenvalue weighted by Crippen LogP contribution is 2.24. The Morgan fingerprint density at radius 3 is 2.89 bits per heavy atom. The number of amides is 1. The Labute approximate surface area is 112 Å². The van der Waals surface area contributed by atoms with Gasteiger partial charge in [-0.05, 0) is 31.5 Å². The van der Waals surface area contributed by atoms with E-state index in [4.69, 9.17) is 21.6 Å². The van der Waals surface area contributed by atoms with Gasteiger partial charge in [0.25, 0.3) is 5.91 Å². The van der Waals surface area contributed by atoms with E-state index in [0.29, 0.717) is 16.3 Å². The smallest absolute Gasteiger partial charge is 0.258 e. The number of benzene rings is 1. The van der Waals surface area contributed by atoms with Crippen LogP contribution < -0.4 is 10.1 Å². The van der Waals surface area contributed by atoms with Crippen LogP contribution in [0.15, 0.2) is 18.2 Å². The van der Waals surface area contributed by atoms with E-state index in [1.54, 1.807) is 12.1 Å². The summed E-state index contributed by atoms with van der Waals surface area (Å²) in [6.07, 6.45) is 0.864. The zero-order valence-electron chi connectivity index (χ0n) is 10.4. The molecule has 1 aromatic carbocycles. The van der Waals surface area contributed by atoms with Gasteiger partial charge in [-0.25, -0.2) is 0 Å². The predicted octanol–water partition coefficient (Wildman–Crippen LogP) is 2.51. The van der Waals surface area contributed by atoms with E-state index >= 15 is 0 Å². The zero-order chi connectivity index (χ0) is 13.5. The van der Waals surface area contributed by atoms with Crippen molar-refractivity contribution in [1.29, 1.82) is 5.26 Å². The van der Waals surface area contributed by atoms with Crippen LogP contribution in [0, 0.1) is 11.3 Å². The molecule has 0 radical (unpaired) electrons. The van der Waals surface area contributed by atoms with E-state index in [-0.39, 0.29) is 18.6 Å². The Bertz CT molecular complexity index is 469. The number of nitrogens with one attached hydrogen (secondary N) is 1. The molecule has 1 atom stereocenters. The molecule has 0 bridgehead atoms. The molecule has 0 fully saturated rings. The number of nitrogens with zero attached hydrogens (tertiary/aromatic N) is 1. The van der Waals surface area contributed by atoms with Crippen LogP contribution in [0.3, 0.4) is 0 Å². The first-order valence-corrected chi connectivity index (χ1v) is 6.06. The monoisotopic (exact) mass is 266 g/mol. The van der Waals surface area contributed by atoms with Gasteiger partial charge < -0.3 is 10.1 Å². The van der Waals surface area contributed by atoms with E-state index in [1.165, 1.54) is 6.07 Å². The predicted molar refractivity (Wildman–Crippen MR) is 69.6 cm³/mol. The van der Waals surface area contributed by atoms with Crippen molar-refractivity contribution in [2.45, 2.75) is 26.3 Å². The van der Waals surface area contributed by atoms with Crippen LogP contribution in [-0.4, -0.2) is 18.6 Å². The van der Waals surface area contributed by atoms with Crippen molar-refractivity contribution in [3.63, 3.8) is 0 Å². The van der Waals surface area contributed by atoms with Crippen LogP contribution in [0.4, 0.5) is 0 Å². The first-order valence-electron chi connectivity index (χ1n) is 5.68. The van der Waals surface area contributed by atoms with Crippen LogP contribution in [0.25, 0.3) is 0 Å². The quantitative estimate of drug-likeness (QED) is 0.891. The number of nitriles is 1. The molecule has 0 aliphatic carbocycles. The van der Waals surface area contributed by atoms with Crippen molar-refractivity contribution in [2.75, 3.05) is 6.61 Å². The normalized spacial score (nSPS) is 11.4. The molecule has 1 amide bonds. The maximum atomic E-state index is 11.5. The molecule has 1 rings (SSSR count). The van der Waals surface area contributed by atoms with Gasteiger partial charge in [0.15, 0.2) is 6.61 Å². The van der Waals surface area contributed by atoms with E-state index in [9.17, 15) is 4.79 Å². The number of hydrogen-bond donors (Lipinski definition) is 1. The van der Waals surface area contributed by atoms with Gasteiger partial charge in [0, 0.05) is 6.04 Å². The third-order valence-corrected chi connectivity index (χ3v) is 2.73. The molecule has 18 heavy (non-hydrogen) atoms. The highest BCUT2D eigenvalue weighted by molar-refractivity contribution is 6.32. The van der Waals surface area contributed by atoms with E-state index in [2.05, 4.69) is 5.32 Å². The van der Waals surface area contributed by atoms with Crippen molar-refractivity contribution in [1.82, 2.24) is 5.32 Å². The number of carbonyl (C=O) groups is 1. The van der Waals surface area contributed by atoms with Gasteiger partial charge in [0.2, 0.25) is 0 Å². The maximum absolute atomic E-state index is 11.5. The topological polar surface area (TPSA) is 62.1 Å². The lowest BCUT2D eigenvalue weighted by Crippen LogP contribution is -2.35. The second-order valence-corrected chi connectivity index (χ2v) is 4.33. The highest BCUT2D eigenvalue weighted by atomic mass is 35.5. The Hall–Kier alpha value is -1.73. The summed E-state index contributed by atoms with van der Waals surface area (Å²) in [7, 11) is 0. The van der Waals surface area contributed by atoms with Gasteiger partial charge in [-0.15, -0.1) is 0 Å². The first kappa shape index (κ1) is 14.3. The zero-order valence-corrected chi connectivity index (χ0v) is 11.1. The van der Waals surface area contributed by atoms with Crippen LogP contribution in [0.2, 0.25) is 5.02 Å². The summed E-state index contributed by atoms with van der Waals surface area (Å²) in [4.78, 5) is 11.5. The van der Waals surface area contributed by atoms with Crippen LogP contribution in [0.1, 0.15) is 25.8 Å². The summed E-state index contributed by atoms with van der Waals surface area (Å²) in [5.74, 6) is 0.208. The average Bonchev–Trinajstić information content (AvgIpc) is 2.36. The second kappa shape index (κ2) is 6.87. The molecule has 0 aliphatic heterocycles. The first-order chi connectivity index (χ1) is 8.56. The summed E-state index contributed by atoms with van der Waals surface area (Å²) >= 11 is 5.92. The lowest BCUT2D eigenvalue weighted by molar-refractivity contribution is -0.123. The third-order valence-electron chi connectivity index (χ3n) is 2.44. The molecule has 5 heteroatoms. The van der Waals surface area contributed by atoms with Crippen molar-refractivity contribution in [2.24, 2.45) is 0 Å². The highest BCUT2D eigenvalue weighted by Gasteiger charge is 2.08. The molecule has 4 nitrogen and oxygen atoms in total. The minimum atomic E-state index is -0.190. The molecule has 0 aromatic heterocycles. The lowest BCUT2D eigenvalue weighted by Gasteiger charge is -2.12. The lowest BCUT2D eigenvalue weighted by atomic mass is 10.2. The molecule has 0 aliphatic rings. The molecule has 1 N–H and O–H groups in total. The van der Waals surface area contributed by atoms with Crippen LogP contribution in [0.5, 0.6) is 5.75 Å². The summed E-state index contributed by atoms with van der Waals surface area (Å²) in [6, 6.07) is 6.77. The van der Waals surface area contributed by atoms with Gasteiger partial charge in [0.05, 0.1) is 16.7 Å². The Morgan fingerprint density at radius 2 is 2.33 bits per heavy atom. The van der Waals surface area contributed by atoms with E-state index in [0.717, 1.165) is 6.42 Å². The number of ether oxygens (including phenoxy) is 1.